The van der Waals surface area contributed by atoms with Crippen molar-refractivity contribution < 1.29 is 19.0 Å². The number of hydrogen-bond acceptors (Lipinski definition) is 5. The van der Waals surface area contributed by atoms with Gasteiger partial charge in [0.25, 0.3) is 0 Å². The lowest BCUT2D eigenvalue weighted by molar-refractivity contribution is -0.137. The van der Waals surface area contributed by atoms with E-state index in [2.05, 4.69) is 21.7 Å². The maximum Gasteiger partial charge on any atom is 0.248 e. The van der Waals surface area contributed by atoms with Gasteiger partial charge in [-0.2, -0.15) is 0 Å². The molecule has 1 aliphatic heterocycles. The fraction of sp³-hybridized carbons (Fsp3) is 0.524. The van der Waals surface area contributed by atoms with Crippen LogP contribution < -0.4 is 4.74 Å². The van der Waals surface area contributed by atoms with Crippen LogP contribution in [0.1, 0.15) is 30.1 Å². The third-order valence-electron chi connectivity index (χ3n) is 5.13. The second kappa shape index (κ2) is 10.2. The first-order valence-corrected chi connectivity index (χ1v) is 9.69. The molecule has 0 radical (unpaired) electrons. The van der Waals surface area contributed by atoms with Crippen molar-refractivity contribution in [2.45, 2.75) is 25.3 Å². The van der Waals surface area contributed by atoms with E-state index in [0.29, 0.717) is 19.1 Å². The molecular formula is C21H29N3O4. The third-order valence-corrected chi connectivity index (χ3v) is 5.13. The van der Waals surface area contributed by atoms with Crippen molar-refractivity contribution >= 4 is 5.91 Å². The topological polar surface area (TPSA) is 65.8 Å². The standard InChI is InChI=1S/C21H29N3O4/c1-26-13-14-28-16-20(25)23-10-7-18(8-11-23)21-22-9-12-24(21)15-17-3-5-19(27-2)6-4-17/h3-6,9,12,18H,7-8,10-11,13-16H2,1-2H3. The second-order valence-electron chi connectivity index (χ2n) is 6.96. The Hall–Kier alpha value is -2.38. The molecule has 1 aliphatic rings. The van der Waals surface area contributed by atoms with Gasteiger partial charge in [-0.15, -0.1) is 0 Å². The summed E-state index contributed by atoms with van der Waals surface area (Å²) < 4.78 is 17.7. The smallest absolute Gasteiger partial charge is 0.248 e. The number of piperidine rings is 1. The molecule has 1 fully saturated rings. The van der Waals surface area contributed by atoms with Crippen LogP contribution in [0.4, 0.5) is 0 Å². The molecule has 0 spiro atoms. The summed E-state index contributed by atoms with van der Waals surface area (Å²) in [5, 5.41) is 0. The largest absolute Gasteiger partial charge is 0.497 e. The number of likely N-dealkylation sites (tertiary alicyclic amines) is 1. The minimum Gasteiger partial charge on any atom is -0.497 e. The van der Waals surface area contributed by atoms with Crippen molar-refractivity contribution in [2.75, 3.05) is 47.1 Å². The summed E-state index contributed by atoms with van der Waals surface area (Å²) in [4.78, 5) is 18.7. The van der Waals surface area contributed by atoms with Gasteiger partial charge in [0.15, 0.2) is 0 Å². The van der Waals surface area contributed by atoms with Gasteiger partial charge in [0.2, 0.25) is 5.91 Å². The number of benzene rings is 1. The molecule has 0 saturated carbocycles. The SMILES string of the molecule is COCCOCC(=O)N1CCC(c2nccn2Cc2ccc(OC)cc2)CC1. The minimum atomic E-state index is 0.0520. The molecule has 2 aromatic rings. The summed E-state index contributed by atoms with van der Waals surface area (Å²) >= 11 is 0. The summed E-state index contributed by atoms with van der Waals surface area (Å²) in [6, 6.07) is 8.11. The Morgan fingerprint density at radius 2 is 1.89 bits per heavy atom. The minimum absolute atomic E-state index is 0.0520. The molecule has 7 heteroatoms. The van der Waals surface area contributed by atoms with Crippen molar-refractivity contribution in [3.8, 4) is 5.75 Å². The van der Waals surface area contributed by atoms with E-state index in [4.69, 9.17) is 14.2 Å². The number of imidazole rings is 1. The molecule has 0 aliphatic carbocycles. The summed E-state index contributed by atoms with van der Waals surface area (Å²) in [5.41, 5.74) is 1.21. The van der Waals surface area contributed by atoms with E-state index in [-0.39, 0.29) is 12.5 Å². The third kappa shape index (κ3) is 5.33. The highest BCUT2D eigenvalue weighted by molar-refractivity contribution is 5.77. The quantitative estimate of drug-likeness (QED) is 0.618. The number of rotatable bonds is 9. The van der Waals surface area contributed by atoms with Gasteiger partial charge in [-0.3, -0.25) is 4.79 Å². The molecule has 0 unspecified atom stereocenters. The Morgan fingerprint density at radius 3 is 2.57 bits per heavy atom. The first-order valence-electron chi connectivity index (χ1n) is 9.69. The fourth-order valence-electron chi connectivity index (χ4n) is 3.52. The van der Waals surface area contributed by atoms with Crippen LogP contribution in [0, 0.1) is 0 Å². The van der Waals surface area contributed by atoms with E-state index < -0.39 is 0 Å². The Balaban J connectivity index is 1.52. The summed E-state index contributed by atoms with van der Waals surface area (Å²) in [5.74, 6) is 2.37. The van der Waals surface area contributed by atoms with Gasteiger partial charge in [0.1, 0.15) is 18.2 Å². The van der Waals surface area contributed by atoms with Crippen LogP contribution in [-0.2, 0) is 20.8 Å². The average Bonchev–Trinajstić information content (AvgIpc) is 3.20. The molecule has 0 bridgehead atoms. The van der Waals surface area contributed by atoms with Gasteiger partial charge < -0.3 is 23.7 Å². The number of hydrogen-bond donors (Lipinski definition) is 0. The van der Waals surface area contributed by atoms with Crippen molar-refractivity contribution in [3.05, 3.63) is 48.0 Å². The van der Waals surface area contributed by atoms with E-state index in [1.165, 1.54) is 5.56 Å². The fourth-order valence-corrected chi connectivity index (χ4v) is 3.52. The number of aromatic nitrogens is 2. The number of carbonyl (C=O) groups excluding carboxylic acids is 1. The predicted octanol–water partition coefficient (Wildman–Crippen LogP) is 2.31. The Morgan fingerprint density at radius 1 is 1.14 bits per heavy atom. The second-order valence-corrected chi connectivity index (χ2v) is 6.96. The van der Waals surface area contributed by atoms with Crippen molar-refractivity contribution in [2.24, 2.45) is 0 Å². The highest BCUT2D eigenvalue weighted by Crippen LogP contribution is 2.27. The number of nitrogens with zero attached hydrogens (tertiary/aromatic N) is 3. The van der Waals surface area contributed by atoms with Crippen LogP contribution in [0.3, 0.4) is 0 Å². The van der Waals surface area contributed by atoms with Crippen LogP contribution in [0.5, 0.6) is 5.75 Å². The van der Waals surface area contributed by atoms with Crippen LogP contribution in [0.15, 0.2) is 36.7 Å². The number of carbonyl (C=O) groups is 1. The maximum absolute atomic E-state index is 12.2. The van der Waals surface area contributed by atoms with E-state index in [9.17, 15) is 4.79 Å². The molecule has 0 atom stereocenters. The van der Waals surface area contributed by atoms with Gasteiger partial charge in [-0.05, 0) is 30.5 Å². The summed E-state index contributed by atoms with van der Waals surface area (Å²) in [6.45, 7) is 3.35. The van der Waals surface area contributed by atoms with E-state index in [1.54, 1.807) is 14.2 Å². The lowest BCUT2D eigenvalue weighted by Gasteiger charge is -2.32. The lowest BCUT2D eigenvalue weighted by Crippen LogP contribution is -2.40. The van der Waals surface area contributed by atoms with Gasteiger partial charge in [0, 0.05) is 45.1 Å². The Kier molecular flexibility index (Phi) is 7.45. The zero-order valence-electron chi connectivity index (χ0n) is 16.7. The van der Waals surface area contributed by atoms with Gasteiger partial charge in [-0.1, -0.05) is 12.1 Å². The summed E-state index contributed by atoms with van der Waals surface area (Å²) in [6.07, 6.45) is 5.73. The maximum atomic E-state index is 12.2. The predicted molar refractivity (Wildman–Crippen MR) is 106 cm³/mol. The van der Waals surface area contributed by atoms with Crippen molar-refractivity contribution in [1.82, 2.24) is 14.5 Å². The Bertz CT molecular complexity index is 736. The molecule has 152 valence electrons. The molecule has 7 nitrogen and oxygen atoms in total. The summed E-state index contributed by atoms with van der Waals surface area (Å²) in [7, 11) is 3.29. The molecule has 1 aromatic carbocycles. The molecule has 3 rings (SSSR count). The molecule has 1 amide bonds. The molecule has 28 heavy (non-hydrogen) atoms. The number of ether oxygens (including phenoxy) is 3. The first-order chi connectivity index (χ1) is 13.7. The molecular weight excluding hydrogens is 358 g/mol. The molecule has 1 saturated heterocycles. The zero-order valence-corrected chi connectivity index (χ0v) is 16.7. The molecule has 1 aromatic heterocycles. The van der Waals surface area contributed by atoms with Crippen molar-refractivity contribution in [3.63, 3.8) is 0 Å². The first kappa shape index (κ1) is 20.4. The average molecular weight is 387 g/mol. The van der Waals surface area contributed by atoms with Crippen LogP contribution in [0.25, 0.3) is 0 Å². The Labute approximate surface area is 166 Å². The highest BCUT2D eigenvalue weighted by Gasteiger charge is 2.26. The van der Waals surface area contributed by atoms with Gasteiger partial charge >= 0.3 is 0 Å². The van der Waals surface area contributed by atoms with Crippen LogP contribution >= 0.6 is 0 Å². The van der Waals surface area contributed by atoms with E-state index >= 15 is 0 Å². The van der Waals surface area contributed by atoms with E-state index in [0.717, 1.165) is 44.0 Å². The van der Waals surface area contributed by atoms with Gasteiger partial charge in [0.05, 0.1) is 20.3 Å². The number of amides is 1. The monoisotopic (exact) mass is 387 g/mol. The molecule has 0 N–H and O–H groups in total. The van der Waals surface area contributed by atoms with Crippen molar-refractivity contribution in [1.29, 1.82) is 0 Å². The van der Waals surface area contributed by atoms with E-state index in [1.807, 2.05) is 29.4 Å². The van der Waals surface area contributed by atoms with Crippen LogP contribution in [-0.4, -0.2) is 67.5 Å². The van der Waals surface area contributed by atoms with Gasteiger partial charge in [-0.25, -0.2) is 4.98 Å². The number of methoxy groups -OCH3 is 2. The lowest BCUT2D eigenvalue weighted by atomic mass is 9.95. The molecule has 2 heterocycles. The van der Waals surface area contributed by atoms with Crippen LogP contribution in [0.2, 0.25) is 0 Å². The highest BCUT2D eigenvalue weighted by atomic mass is 16.5. The zero-order chi connectivity index (χ0) is 19.8. The normalized spacial score (nSPS) is 15.0.